The first-order valence-corrected chi connectivity index (χ1v) is 10.2. The van der Waals surface area contributed by atoms with Gasteiger partial charge in [0.15, 0.2) is 5.65 Å². The monoisotopic (exact) mass is 421 g/mol. The van der Waals surface area contributed by atoms with E-state index in [9.17, 15) is 14.0 Å². The normalized spacial score (nSPS) is 11.5. The number of nitrogens with one attached hydrogen (secondary N) is 1. The lowest BCUT2D eigenvalue weighted by Crippen LogP contribution is -2.23. The van der Waals surface area contributed by atoms with Crippen LogP contribution in [0, 0.1) is 5.82 Å². The molecule has 0 saturated carbocycles. The zero-order chi connectivity index (χ0) is 20.8. The fourth-order valence-corrected chi connectivity index (χ4v) is 4.35. The molecule has 4 heterocycles. The lowest BCUT2D eigenvalue weighted by Gasteiger charge is -2.06. The Morgan fingerprint density at radius 2 is 1.97 bits per heavy atom. The Bertz CT molecular complexity index is 1510. The van der Waals surface area contributed by atoms with E-state index in [-0.39, 0.29) is 23.5 Å². The van der Waals surface area contributed by atoms with Crippen LogP contribution in [0.2, 0.25) is 0 Å². The molecule has 0 spiro atoms. The smallest absolute Gasteiger partial charge is 0.272 e. The van der Waals surface area contributed by atoms with Gasteiger partial charge in [-0.1, -0.05) is 19.1 Å². The van der Waals surface area contributed by atoms with Gasteiger partial charge in [-0.25, -0.2) is 18.9 Å². The molecule has 0 bridgehead atoms. The molecule has 4 aromatic heterocycles. The number of hydrogen-bond acceptors (Lipinski definition) is 5. The first-order chi connectivity index (χ1) is 14.5. The lowest BCUT2D eigenvalue weighted by molar-refractivity contribution is 0.628. The zero-order valence-corrected chi connectivity index (χ0v) is 16.7. The summed E-state index contributed by atoms with van der Waals surface area (Å²) in [5.74, 6) is -0.341. The molecule has 7 nitrogen and oxygen atoms in total. The van der Waals surface area contributed by atoms with Gasteiger partial charge in [-0.05, 0) is 30.2 Å². The van der Waals surface area contributed by atoms with Gasteiger partial charge in [-0.15, -0.1) is 11.3 Å². The summed E-state index contributed by atoms with van der Waals surface area (Å²) < 4.78 is 16.0. The van der Waals surface area contributed by atoms with Gasteiger partial charge in [-0.2, -0.15) is 0 Å². The molecule has 5 aromatic rings. The highest BCUT2D eigenvalue weighted by molar-refractivity contribution is 7.18. The van der Waals surface area contributed by atoms with Crippen LogP contribution in [0.15, 0.2) is 58.5 Å². The summed E-state index contributed by atoms with van der Waals surface area (Å²) in [4.78, 5) is 36.2. The van der Waals surface area contributed by atoms with Crippen LogP contribution in [0.5, 0.6) is 0 Å². The van der Waals surface area contributed by atoms with Gasteiger partial charge in [0.25, 0.3) is 11.1 Å². The number of aromatic nitrogens is 5. The van der Waals surface area contributed by atoms with E-state index in [1.54, 1.807) is 18.3 Å². The lowest BCUT2D eigenvalue weighted by atomic mass is 10.1. The van der Waals surface area contributed by atoms with E-state index < -0.39 is 0 Å². The van der Waals surface area contributed by atoms with Gasteiger partial charge in [-0.3, -0.25) is 19.3 Å². The van der Waals surface area contributed by atoms with Gasteiger partial charge < -0.3 is 0 Å². The Morgan fingerprint density at radius 3 is 2.73 bits per heavy atom. The van der Waals surface area contributed by atoms with E-state index in [0.29, 0.717) is 27.1 Å². The van der Waals surface area contributed by atoms with Crippen LogP contribution in [0.1, 0.15) is 17.5 Å². The molecule has 0 radical (unpaired) electrons. The first kappa shape index (κ1) is 18.4. The van der Waals surface area contributed by atoms with E-state index in [0.717, 1.165) is 16.9 Å². The molecule has 5 rings (SSSR count). The molecule has 30 heavy (non-hydrogen) atoms. The van der Waals surface area contributed by atoms with Crippen LogP contribution in [0.3, 0.4) is 0 Å². The topological polar surface area (TPSA) is 85.0 Å². The summed E-state index contributed by atoms with van der Waals surface area (Å²) in [5, 5.41) is 3.45. The molecule has 0 aliphatic carbocycles. The Labute approximate surface area is 173 Å². The Kier molecular flexibility index (Phi) is 4.32. The van der Waals surface area contributed by atoms with Crippen LogP contribution >= 0.6 is 11.3 Å². The maximum absolute atomic E-state index is 13.3. The Hall–Kier alpha value is -3.59. The second-order valence-electron chi connectivity index (χ2n) is 6.90. The molecule has 0 atom stereocenters. The number of benzene rings is 1. The number of aromatic amines is 1. The van der Waals surface area contributed by atoms with Crippen LogP contribution in [-0.2, 0) is 13.0 Å². The average molecular weight is 421 g/mol. The van der Waals surface area contributed by atoms with Crippen molar-refractivity contribution in [3.63, 3.8) is 0 Å². The van der Waals surface area contributed by atoms with Gasteiger partial charge >= 0.3 is 0 Å². The van der Waals surface area contributed by atoms with Crippen molar-refractivity contribution in [1.29, 1.82) is 0 Å². The van der Waals surface area contributed by atoms with E-state index in [2.05, 4.69) is 15.1 Å². The fourth-order valence-electron chi connectivity index (χ4n) is 3.42. The highest BCUT2D eigenvalue weighted by Gasteiger charge is 2.13. The molecule has 0 saturated heterocycles. The van der Waals surface area contributed by atoms with E-state index in [4.69, 9.17) is 0 Å². The minimum absolute atomic E-state index is 0.124. The highest BCUT2D eigenvalue weighted by atomic mass is 32.1. The second kappa shape index (κ2) is 7.03. The first-order valence-electron chi connectivity index (χ1n) is 9.37. The predicted molar refractivity (Wildman–Crippen MR) is 114 cm³/mol. The average Bonchev–Trinajstić information content (AvgIpc) is 3.36. The maximum atomic E-state index is 13.3. The van der Waals surface area contributed by atoms with Gasteiger partial charge in [0, 0.05) is 22.7 Å². The minimum Gasteiger partial charge on any atom is -0.296 e. The van der Waals surface area contributed by atoms with Crippen molar-refractivity contribution in [2.45, 2.75) is 19.9 Å². The Balaban J connectivity index is 1.60. The number of thiophene rings is 1. The number of H-pyrrole nitrogens is 1. The fraction of sp³-hybridized carbons (Fsp3) is 0.143. The van der Waals surface area contributed by atoms with Crippen molar-refractivity contribution in [2.24, 2.45) is 0 Å². The molecule has 0 aliphatic rings. The molecular formula is C21H16FN5O2S. The summed E-state index contributed by atoms with van der Waals surface area (Å²) in [5.41, 5.74) is 1.79. The van der Waals surface area contributed by atoms with E-state index >= 15 is 0 Å². The molecule has 1 N–H and O–H groups in total. The zero-order valence-electron chi connectivity index (χ0n) is 15.9. The quantitative estimate of drug-likeness (QED) is 0.483. The standard InChI is InChI=1S/C21H16FN5O2S/c1-2-15-8-16-20(30-15)23-11-26(21(16)29)10-14-7-18(28)27-19(25-14)17(9-24-27)12-3-5-13(22)6-4-12/h3-9,11,24H,2,10H2,1H3. The largest absolute Gasteiger partial charge is 0.296 e. The van der Waals surface area contributed by atoms with Crippen LogP contribution < -0.4 is 11.1 Å². The number of aryl methyl sites for hydroxylation is 1. The summed E-state index contributed by atoms with van der Waals surface area (Å²) in [6.45, 7) is 2.16. The number of rotatable bonds is 4. The van der Waals surface area contributed by atoms with Crippen LogP contribution in [-0.4, -0.2) is 24.1 Å². The Morgan fingerprint density at radius 1 is 1.17 bits per heavy atom. The molecule has 0 aliphatic heterocycles. The summed E-state index contributed by atoms with van der Waals surface area (Å²) >= 11 is 1.51. The van der Waals surface area contributed by atoms with Crippen LogP contribution in [0.4, 0.5) is 4.39 Å². The third kappa shape index (κ3) is 3.03. The number of fused-ring (bicyclic) bond motifs is 2. The van der Waals surface area contributed by atoms with Crippen molar-refractivity contribution in [2.75, 3.05) is 0 Å². The van der Waals surface area contributed by atoms with Crippen molar-refractivity contribution in [3.8, 4) is 11.1 Å². The summed E-state index contributed by atoms with van der Waals surface area (Å²) in [6.07, 6.45) is 3.98. The number of halogens is 1. The van der Waals surface area contributed by atoms with Gasteiger partial charge in [0.2, 0.25) is 0 Å². The van der Waals surface area contributed by atoms with E-state index in [1.165, 1.54) is 44.9 Å². The molecule has 0 unspecified atom stereocenters. The second-order valence-corrected chi connectivity index (χ2v) is 8.02. The number of hydrogen-bond donors (Lipinski definition) is 1. The third-order valence-electron chi connectivity index (χ3n) is 4.96. The predicted octanol–water partition coefficient (Wildman–Crippen LogP) is 3.21. The molecule has 9 heteroatoms. The molecular weight excluding hydrogens is 405 g/mol. The SMILES string of the molecule is CCc1cc2c(=O)n(Cc3cc(=O)n4[nH]cc(-c5ccc(F)cc5)c4n3)cnc2s1. The maximum Gasteiger partial charge on any atom is 0.272 e. The highest BCUT2D eigenvalue weighted by Crippen LogP contribution is 2.23. The molecule has 150 valence electrons. The van der Waals surface area contributed by atoms with Gasteiger partial charge in [0.05, 0.1) is 24.0 Å². The van der Waals surface area contributed by atoms with Crippen molar-refractivity contribution >= 4 is 27.2 Å². The number of nitrogens with zero attached hydrogens (tertiary/aromatic N) is 4. The van der Waals surface area contributed by atoms with Gasteiger partial charge in [0.1, 0.15) is 10.6 Å². The van der Waals surface area contributed by atoms with Crippen molar-refractivity contribution < 1.29 is 4.39 Å². The summed E-state index contributed by atoms with van der Waals surface area (Å²) in [6, 6.07) is 9.22. The van der Waals surface area contributed by atoms with Crippen LogP contribution in [0.25, 0.3) is 27.0 Å². The molecule has 0 amide bonds. The minimum atomic E-state index is -0.341. The van der Waals surface area contributed by atoms with E-state index in [1.807, 2.05) is 13.0 Å². The summed E-state index contributed by atoms with van der Waals surface area (Å²) in [7, 11) is 0. The third-order valence-corrected chi connectivity index (χ3v) is 6.14. The van der Waals surface area contributed by atoms with Crippen molar-refractivity contribution in [1.82, 2.24) is 24.1 Å². The van der Waals surface area contributed by atoms with Crippen molar-refractivity contribution in [3.05, 3.63) is 86.0 Å². The molecule has 0 fully saturated rings. The molecule has 1 aromatic carbocycles.